The van der Waals surface area contributed by atoms with Gasteiger partial charge in [0.2, 0.25) is 0 Å². The summed E-state index contributed by atoms with van der Waals surface area (Å²) >= 11 is 0. The van der Waals surface area contributed by atoms with Crippen LogP contribution in [0.2, 0.25) is 0 Å². The van der Waals surface area contributed by atoms with Gasteiger partial charge >= 0.3 is 0 Å². The van der Waals surface area contributed by atoms with Crippen molar-refractivity contribution in [1.82, 2.24) is 0 Å². The van der Waals surface area contributed by atoms with Crippen molar-refractivity contribution in [3.05, 3.63) is 105 Å². The van der Waals surface area contributed by atoms with Crippen molar-refractivity contribution in [3.63, 3.8) is 0 Å². The average molecular weight is 597 g/mol. The number of phenolic OH excluding ortho intramolecular Hbond substituents is 2. The third-order valence-electron chi connectivity index (χ3n) is 8.73. The Morgan fingerprint density at radius 2 is 0.955 bits per heavy atom. The molecule has 44 heavy (non-hydrogen) atoms. The van der Waals surface area contributed by atoms with Crippen molar-refractivity contribution >= 4 is 10.8 Å². The lowest BCUT2D eigenvalue weighted by molar-refractivity contribution is 0.461. The van der Waals surface area contributed by atoms with Gasteiger partial charge in [0.1, 0.15) is 11.5 Å². The lowest BCUT2D eigenvalue weighted by Crippen LogP contribution is -1.94. The summed E-state index contributed by atoms with van der Waals surface area (Å²) in [4.78, 5) is 0. The fourth-order valence-electron chi connectivity index (χ4n) is 5.66. The van der Waals surface area contributed by atoms with Crippen molar-refractivity contribution < 1.29 is 10.2 Å². The molecule has 0 unspecified atom stereocenters. The summed E-state index contributed by atoms with van der Waals surface area (Å²) in [5, 5.41) is 23.2. The second kappa shape index (κ2) is 19.2. The summed E-state index contributed by atoms with van der Waals surface area (Å²) in [6.45, 7) is 19.4. The third kappa shape index (κ3) is 12.8. The van der Waals surface area contributed by atoms with Gasteiger partial charge in [-0.15, -0.1) is 0 Å². The maximum atomic E-state index is 11.0. The van der Waals surface area contributed by atoms with E-state index in [1.54, 1.807) is 0 Å². The molecule has 0 aromatic heterocycles. The highest BCUT2D eigenvalue weighted by Crippen LogP contribution is 2.41. The molecule has 0 bridgehead atoms. The minimum absolute atomic E-state index is 0.284. The number of hydrogen-bond acceptors (Lipinski definition) is 2. The van der Waals surface area contributed by atoms with E-state index in [9.17, 15) is 10.2 Å². The number of fused-ring (bicyclic) bond motifs is 1. The Kier molecular flexibility index (Phi) is 16.1. The van der Waals surface area contributed by atoms with Crippen LogP contribution in [0, 0.1) is 13.8 Å². The maximum absolute atomic E-state index is 11.0. The quantitative estimate of drug-likeness (QED) is 0.141. The summed E-state index contributed by atoms with van der Waals surface area (Å²) in [5.74, 6) is 0.573. The minimum Gasteiger partial charge on any atom is -0.507 e. The van der Waals surface area contributed by atoms with Crippen LogP contribution in [0.15, 0.2) is 88.1 Å². The van der Waals surface area contributed by atoms with Crippen LogP contribution in [0.4, 0.5) is 0 Å². The molecule has 0 fully saturated rings. The van der Waals surface area contributed by atoms with Gasteiger partial charge in [-0.25, -0.2) is 0 Å². The molecule has 2 aromatic carbocycles. The topological polar surface area (TPSA) is 40.5 Å². The molecule has 0 aliphatic heterocycles. The molecule has 0 saturated carbocycles. The van der Waals surface area contributed by atoms with Crippen LogP contribution in [-0.2, 0) is 6.42 Å². The van der Waals surface area contributed by atoms with E-state index in [1.807, 2.05) is 32.0 Å². The van der Waals surface area contributed by atoms with Gasteiger partial charge in [0, 0.05) is 16.3 Å². The van der Waals surface area contributed by atoms with E-state index in [1.165, 1.54) is 39.9 Å². The van der Waals surface area contributed by atoms with E-state index in [2.05, 4.69) is 84.9 Å². The van der Waals surface area contributed by atoms with E-state index in [4.69, 9.17) is 0 Å². The zero-order valence-corrected chi connectivity index (χ0v) is 29.4. The highest BCUT2D eigenvalue weighted by Gasteiger charge is 2.16. The standard InChI is InChI=1S/C42H60O2/c1-30(2)16-10-17-31(3)18-11-19-32(4)20-12-21-33(5)22-13-23-34(6)24-14-25-35(7)28-29-38-37(9)41(43)40-36(8)26-15-27-39(40)42(38)44/h15-16,18,20,22,24,26-28,43-44H,10-14,17,19,21,23,25,29H2,1-9H3/b31-18+,32-20+,33-22+,34-24+,35-28+. The van der Waals surface area contributed by atoms with Crippen molar-refractivity contribution in [2.45, 2.75) is 133 Å². The van der Waals surface area contributed by atoms with Crippen LogP contribution in [0.3, 0.4) is 0 Å². The number of allylic oxidation sites excluding steroid dienone is 12. The van der Waals surface area contributed by atoms with Crippen molar-refractivity contribution in [3.8, 4) is 11.5 Å². The molecule has 0 saturated heterocycles. The second-order valence-corrected chi connectivity index (χ2v) is 13.2. The minimum atomic E-state index is 0.284. The summed E-state index contributed by atoms with van der Waals surface area (Å²) < 4.78 is 0. The third-order valence-corrected chi connectivity index (χ3v) is 8.73. The predicted octanol–water partition coefficient (Wildman–Crippen LogP) is 13.0. The average Bonchev–Trinajstić information content (AvgIpc) is 2.95. The van der Waals surface area contributed by atoms with Gasteiger partial charge in [-0.2, -0.15) is 0 Å². The van der Waals surface area contributed by atoms with Gasteiger partial charge in [0.15, 0.2) is 0 Å². The summed E-state index contributed by atoms with van der Waals surface area (Å²) in [5.41, 5.74) is 11.2. The van der Waals surface area contributed by atoms with Gasteiger partial charge in [0.05, 0.1) is 0 Å². The van der Waals surface area contributed by atoms with E-state index < -0.39 is 0 Å². The van der Waals surface area contributed by atoms with Crippen molar-refractivity contribution in [1.29, 1.82) is 0 Å². The van der Waals surface area contributed by atoms with Crippen LogP contribution in [0.5, 0.6) is 11.5 Å². The van der Waals surface area contributed by atoms with E-state index in [0.717, 1.165) is 85.3 Å². The van der Waals surface area contributed by atoms with Gasteiger partial charge in [-0.05, 0) is 144 Å². The molecule has 0 aliphatic rings. The second-order valence-electron chi connectivity index (χ2n) is 13.2. The molecule has 240 valence electrons. The molecular weight excluding hydrogens is 536 g/mol. The first-order valence-corrected chi connectivity index (χ1v) is 16.7. The SMILES string of the molecule is CC(C)=CCC/C(C)=C/CC/C(C)=C/CC/C(C)=C/CC/C(C)=C/CC/C(C)=C/Cc1c(C)c(O)c2c(C)cccc2c1O. The number of rotatable bonds is 17. The first-order valence-electron chi connectivity index (χ1n) is 16.7. The molecule has 0 heterocycles. The molecule has 2 aromatic rings. The van der Waals surface area contributed by atoms with E-state index in [0.29, 0.717) is 6.42 Å². The van der Waals surface area contributed by atoms with Gasteiger partial charge in [-0.3, -0.25) is 0 Å². The Balaban J connectivity index is 1.74. The molecule has 0 radical (unpaired) electrons. The highest BCUT2D eigenvalue weighted by atomic mass is 16.3. The number of aryl methyl sites for hydroxylation is 1. The molecule has 2 N–H and O–H groups in total. The zero-order chi connectivity index (χ0) is 32.6. The van der Waals surface area contributed by atoms with Crippen LogP contribution in [0.25, 0.3) is 10.8 Å². The number of benzene rings is 2. The van der Waals surface area contributed by atoms with Crippen LogP contribution >= 0.6 is 0 Å². The van der Waals surface area contributed by atoms with Crippen LogP contribution in [0.1, 0.15) is 129 Å². The molecule has 0 amide bonds. The summed E-state index contributed by atoms with van der Waals surface area (Å²) in [6, 6.07) is 5.78. The smallest absolute Gasteiger partial charge is 0.127 e. The molecule has 0 atom stereocenters. The Morgan fingerprint density at radius 1 is 0.545 bits per heavy atom. The molecule has 0 spiro atoms. The number of hydrogen-bond donors (Lipinski definition) is 2. The normalized spacial score (nSPS) is 13.6. The first-order chi connectivity index (χ1) is 20.9. The number of phenols is 2. The first kappa shape index (κ1) is 36.9. The molecule has 2 rings (SSSR count). The fraction of sp³-hybridized carbons (Fsp3) is 0.476. The van der Waals surface area contributed by atoms with Crippen LogP contribution < -0.4 is 0 Å². The monoisotopic (exact) mass is 596 g/mol. The van der Waals surface area contributed by atoms with Gasteiger partial charge < -0.3 is 10.2 Å². The maximum Gasteiger partial charge on any atom is 0.127 e. The Labute approximate surface area is 269 Å². The van der Waals surface area contributed by atoms with Gasteiger partial charge in [-0.1, -0.05) is 88.1 Å². The predicted molar refractivity (Wildman–Crippen MR) is 195 cm³/mol. The largest absolute Gasteiger partial charge is 0.507 e. The Morgan fingerprint density at radius 3 is 1.39 bits per heavy atom. The molecular formula is C42H60O2. The molecule has 2 heteroatoms. The van der Waals surface area contributed by atoms with Crippen LogP contribution in [-0.4, -0.2) is 10.2 Å². The fourth-order valence-corrected chi connectivity index (χ4v) is 5.66. The van der Waals surface area contributed by atoms with Gasteiger partial charge in [0.25, 0.3) is 0 Å². The van der Waals surface area contributed by atoms with E-state index in [-0.39, 0.29) is 11.5 Å². The summed E-state index contributed by atoms with van der Waals surface area (Å²) in [6.07, 6.45) is 25.9. The molecule has 0 aliphatic carbocycles. The van der Waals surface area contributed by atoms with Crippen molar-refractivity contribution in [2.24, 2.45) is 0 Å². The lowest BCUT2D eigenvalue weighted by Gasteiger charge is -2.15. The van der Waals surface area contributed by atoms with E-state index >= 15 is 0 Å². The Hall–Kier alpha value is -3.26. The van der Waals surface area contributed by atoms with Crippen molar-refractivity contribution in [2.75, 3.05) is 0 Å². The Bertz CT molecular complexity index is 1420. The summed E-state index contributed by atoms with van der Waals surface area (Å²) in [7, 11) is 0. The zero-order valence-electron chi connectivity index (χ0n) is 29.4. The number of aromatic hydroxyl groups is 2. The highest BCUT2D eigenvalue weighted by molar-refractivity contribution is 5.97. The lowest BCUT2D eigenvalue weighted by atomic mass is 9.93. The molecule has 2 nitrogen and oxygen atoms in total.